The van der Waals surface area contributed by atoms with Crippen LogP contribution in [0.4, 0.5) is 0 Å². The van der Waals surface area contributed by atoms with Gasteiger partial charge in [0.2, 0.25) is 0 Å². The topological polar surface area (TPSA) is 57.9 Å². The maximum absolute atomic E-state index is 12.8. The van der Waals surface area contributed by atoms with Gasteiger partial charge in [-0.3, -0.25) is 0 Å². The molecule has 4 heterocycles. The molecule has 0 amide bonds. The van der Waals surface area contributed by atoms with Crippen LogP contribution in [0.25, 0.3) is 21.7 Å². The van der Waals surface area contributed by atoms with Gasteiger partial charge in [0.15, 0.2) is 17.6 Å². The summed E-state index contributed by atoms with van der Waals surface area (Å²) in [5.74, 6) is 0.808. The van der Waals surface area contributed by atoms with E-state index in [0.29, 0.717) is 12.2 Å². The van der Waals surface area contributed by atoms with Gasteiger partial charge in [0.05, 0.1) is 22.2 Å². The summed E-state index contributed by atoms with van der Waals surface area (Å²) in [7, 11) is 2.15. The minimum atomic E-state index is -0.939. The molecule has 4 aromatic rings. The zero-order valence-electron chi connectivity index (χ0n) is 19.1. The molecule has 1 unspecified atom stereocenters. The SMILES string of the molecule is CN1CC[C@]23c4c5ccc(O)c4OC2c2c(c4ccc6cccc7c6c4n2CC7)C[C@@]3(O)[C@H]1C5. The quantitative estimate of drug-likeness (QED) is 0.426. The Morgan fingerprint density at radius 3 is 2.88 bits per heavy atom. The highest BCUT2D eigenvalue weighted by atomic mass is 16.5. The van der Waals surface area contributed by atoms with Gasteiger partial charge in [0.1, 0.15) is 0 Å². The molecule has 2 aliphatic carbocycles. The monoisotopic (exact) mass is 450 g/mol. The highest BCUT2D eigenvalue weighted by Gasteiger charge is 2.72. The molecule has 1 aromatic heterocycles. The maximum atomic E-state index is 12.8. The number of phenolic OH excluding ortho intramolecular Hbond substituents is 1. The first-order valence-corrected chi connectivity index (χ1v) is 12.5. The largest absolute Gasteiger partial charge is 0.504 e. The summed E-state index contributed by atoms with van der Waals surface area (Å²) in [4.78, 5) is 2.35. The van der Waals surface area contributed by atoms with Gasteiger partial charge in [0.25, 0.3) is 0 Å². The van der Waals surface area contributed by atoms with Crippen molar-refractivity contribution < 1.29 is 14.9 Å². The molecule has 1 spiro atoms. The second-order valence-electron chi connectivity index (χ2n) is 11.2. The second-order valence-corrected chi connectivity index (χ2v) is 11.2. The summed E-state index contributed by atoms with van der Waals surface area (Å²) in [6, 6.07) is 15.0. The zero-order valence-corrected chi connectivity index (χ0v) is 19.1. The molecular formula is C29H26N2O3. The minimum absolute atomic E-state index is 0.0306. The number of ether oxygens (including phenoxy) is 1. The van der Waals surface area contributed by atoms with Crippen molar-refractivity contribution in [3.05, 3.63) is 70.4 Å². The van der Waals surface area contributed by atoms with Crippen LogP contribution in [-0.2, 0) is 31.2 Å². The minimum Gasteiger partial charge on any atom is -0.504 e. The molecule has 9 rings (SSSR count). The lowest BCUT2D eigenvalue weighted by Crippen LogP contribution is -2.74. The van der Waals surface area contributed by atoms with Gasteiger partial charge < -0.3 is 24.4 Å². The van der Waals surface area contributed by atoms with E-state index in [1.54, 1.807) is 6.07 Å². The fraction of sp³-hybridized carbons (Fsp3) is 0.379. The number of nitrogens with zero attached hydrogens (tertiary/aromatic N) is 2. The molecule has 3 aromatic carbocycles. The van der Waals surface area contributed by atoms with E-state index in [4.69, 9.17) is 4.74 Å². The number of piperidine rings is 1. The van der Waals surface area contributed by atoms with E-state index < -0.39 is 11.0 Å². The average Bonchev–Trinajstić information content (AvgIpc) is 3.35. The van der Waals surface area contributed by atoms with E-state index >= 15 is 0 Å². The lowest BCUT2D eigenvalue weighted by Gasteiger charge is -2.62. The predicted octanol–water partition coefficient (Wildman–Crippen LogP) is 3.98. The predicted molar refractivity (Wildman–Crippen MR) is 130 cm³/mol. The number of aromatic nitrogens is 1. The van der Waals surface area contributed by atoms with Crippen LogP contribution < -0.4 is 4.74 Å². The summed E-state index contributed by atoms with van der Waals surface area (Å²) in [6.07, 6.45) is 2.96. The number of aromatic hydroxyl groups is 1. The van der Waals surface area contributed by atoms with E-state index in [9.17, 15) is 10.2 Å². The molecule has 3 aliphatic heterocycles. The van der Waals surface area contributed by atoms with Gasteiger partial charge in [0, 0.05) is 35.3 Å². The molecule has 34 heavy (non-hydrogen) atoms. The summed E-state index contributed by atoms with van der Waals surface area (Å²) in [5, 5.41) is 27.6. The molecule has 170 valence electrons. The normalized spacial score (nSPS) is 32.2. The lowest BCUT2D eigenvalue weighted by molar-refractivity contribution is -0.168. The Morgan fingerprint density at radius 2 is 1.97 bits per heavy atom. The molecular weight excluding hydrogens is 424 g/mol. The third-order valence-corrected chi connectivity index (χ3v) is 10.1. The van der Waals surface area contributed by atoms with E-state index in [2.05, 4.69) is 52.9 Å². The van der Waals surface area contributed by atoms with Gasteiger partial charge >= 0.3 is 0 Å². The lowest BCUT2D eigenvalue weighted by atomic mass is 9.49. The summed E-state index contributed by atoms with van der Waals surface area (Å²) < 4.78 is 9.30. The van der Waals surface area contributed by atoms with Crippen molar-refractivity contribution in [3.8, 4) is 11.5 Å². The van der Waals surface area contributed by atoms with Crippen molar-refractivity contribution >= 4 is 21.7 Å². The average molecular weight is 451 g/mol. The van der Waals surface area contributed by atoms with Crippen LogP contribution in [0.1, 0.15) is 40.5 Å². The van der Waals surface area contributed by atoms with Crippen molar-refractivity contribution in [3.63, 3.8) is 0 Å². The van der Waals surface area contributed by atoms with Crippen LogP contribution in [-0.4, -0.2) is 44.9 Å². The third kappa shape index (κ3) is 1.69. The van der Waals surface area contributed by atoms with Crippen LogP contribution >= 0.6 is 0 Å². The van der Waals surface area contributed by atoms with Gasteiger partial charge in [-0.05, 0) is 61.0 Å². The Balaban J connectivity index is 1.45. The number of likely N-dealkylation sites (N-methyl/N-ethyl adjacent to an activating group) is 1. The maximum Gasteiger partial charge on any atom is 0.166 e. The number of hydrogen-bond acceptors (Lipinski definition) is 4. The van der Waals surface area contributed by atoms with Crippen molar-refractivity contribution in [2.75, 3.05) is 13.6 Å². The van der Waals surface area contributed by atoms with Crippen LogP contribution in [0.3, 0.4) is 0 Å². The number of likely N-dealkylation sites (tertiary alicyclic amines) is 1. The smallest absolute Gasteiger partial charge is 0.166 e. The van der Waals surface area contributed by atoms with Gasteiger partial charge in [-0.1, -0.05) is 36.4 Å². The van der Waals surface area contributed by atoms with Gasteiger partial charge in [-0.15, -0.1) is 0 Å². The second kappa shape index (κ2) is 5.45. The molecule has 4 atom stereocenters. The summed E-state index contributed by atoms with van der Waals surface area (Å²) in [6.45, 7) is 1.85. The van der Waals surface area contributed by atoms with Crippen molar-refractivity contribution in [2.24, 2.45) is 0 Å². The number of benzene rings is 3. The van der Waals surface area contributed by atoms with Crippen LogP contribution in [0.2, 0.25) is 0 Å². The Hall–Kier alpha value is -3.02. The molecule has 2 N–H and O–H groups in total. The van der Waals surface area contributed by atoms with Crippen LogP contribution in [0.5, 0.6) is 11.5 Å². The Kier molecular flexibility index (Phi) is 2.94. The van der Waals surface area contributed by atoms with Gasteiger partial charge in [-0.25, -0.2) is 0 Å². The first-order valence-electron chi connectivity index (χ1n) is 12.5. The fourth-order valence-electron chi connectivity index (χ4n) is 8.73. The number of hydrogen-bond donors (Lipinski definition) is 2. The Bertz CT molecular complexity index is 1620. The van der Waals surface area contributed by atoms with Crippen molar-refractivity contribution in [2.45, 2.75) is 55.4 Å². The summed E-state index contributed by atoms with van der Waals surface area (Å²) >= 11 is 0. The van der Waals surface area contributed by atoms with E-state index in [1.807, 2.05) is 0 Å². The van der Waals surface area contributed by atoms with E-state index in [1.165, 1.54) is 44.1 Å². The molecule has 1 saturated heterocycles. The fourth-order valence-corrected chi connectivity index (χ4v) is 8.73. The number of phenols is 1. The molecule has 5 aliphatic rings. The molecule has 1 fully saturated rings. The number of aryl methyl sites for hydroxylation is 2. The first-order chi connectivity index (χ1) is 16.5. The standard InChI is InChI=1S/C29H26N2O3/c1-30-12-10-28-23-17-6-8-20(32)26(23)34-27(28)25-19(14-29(28,33)21(30)13-17)18-7-5-15-3-2-4-16-9-11-31(25)24(18)22(15)16/h2-8,21,27,32-33H,9-14H2,1H3/t21-,27?,28+,29-/m1/s1. The number of rotatable bonds is 0. The molecule has 2 bridgehead atoms. The molecule has 0 radical (unpaired) electrons. The van der Waals surface area contributed by atoms with E-state index in [0.717, 1.165) is 37.9 Å². The highest BCUT2D eigenvalue weighted by molar-refractivity contribution is 6.10. The number of fused-ring (bicyclic) bond motifs is 4. The third-order valence-electron chi connectivity index (χ3n) is 10.1. The van der Waals surface area contributed by atoms with Crippen LogP contribution in [0, 0.1) is 0 Å². The number of aliphatic hydroxyl groups is 1. The molecule has 5 nitrogen and oxygen atoms in total. The highest BCUT2D eigenvalue weighted by Crippen LogP contribution is 2.69. The van der Waals surface area contributed by atoms with E-state index in [-0.39, 0.29) is 17.9 Å². The van der Waals surface area contributed by atoms with Crippen LogP contribution in [0.15, 0.2) is 42.5 Å². The van der Waals surface area contributed by atoms with Gasteiger partial charge in [-0.2, -0.15) is 0 Å². The first kappa shape index (κ1) is 18.3. The van der Waals surface area contributed by atoms with Crippen molar-refractivity contribution in [1.82, 2.24) is 9.47 Å². The Labute approximate surface area is 197 Å². The molecule has 0 saturated carbocycles. The van der Waals surface area contributed by atoms with Crippen molar-refractivity contribution in [1.29, 1.82) is 0 Å². The Morgan fingerprint density at radius 1 is 1.06 bits per heavy atom. The summed E-state index contributed by atoms with van der Waals surface area (Å²) in [5.41, 5.74) is 6.02. The molecule has 5 heteroatoms. The zero-order chi connectivity index (χ0) is 22.6.